The number of rotatable bonds is 5. The lowest BCUT2D eigenvalue weighted by Crippen LogP contribution is -2.40. The van der Waals surface area contributed by atoms with Gasteiger partial charge in [0.2, 0.25) is 10.0 Å². The van der Waals surface area contributed by atoms with Gasteiger partial charge in [0.15, 0.2) is 6.61 Å². The second kappa shape index (κ2) is 8.33. The van der Waals surface area contributed by atoms with E-state index >= 15 is 0 Å². The van der Waals surface area contributed by atoms with Crippen LogP contribution in [0.2, 0.25) is 10.0 Å². The number of hydrogen-bond acceptors (Lipinski definition) is 7. The van der Waals surface area contributed by atoms with Crippen LogP contribution >= 0.6 is 23.2 Å². The largest absolute Gasteiger partial charge is 0.466 e. The predicted octanol–water partition coefficient (Wildman–Crippen LogP) is 1.34. The molecule has 1 aliphatic rings. The third-order valence-corrected chi connectivity index (χ3v) is 6.05. The quantitative estimate of drug-likeness (QED) is 0.673. The van der Waals surface area contributed by atoms with Crippen LogP contribution < -0.4 is 0 Å². The number of carbonyl (C=O) groups excluding carboxylic acids is 2. The number of sulfonamides is 1. The molecule has 1 heterocycles. The number of esters is 2. The van der Waals surface area contributed by atoms with Crippen molar-refractivity contribution in [2.24, 2.45) is 0 Å². The lowest BCUT2D eigenvalue weighted by atomic mass is 10.2. The van der Waals surface area contributed by atoms with E-state index in [1.165, 1.54) is 4.31 Å². The molecule has 1 aromatic carbocycles. The molecule has 2 rings (SSSR count). The Balaban J connectivity index is 2.33. The van der Waals surface area contributed by atoms with Gasteiger partial charge in [-0.25, -0.2) is 18.0 Å². The molecule has 8 nitrogen and oxygen atoms in total. The summed E-state index contributed by atoms with van der Waals surface area (Å²) >= 11 is 12.0. The summed E-state index contributed by atoms with van der Waals surface area (Å²) < 4.78 is 40.9. The average molecular weight is 412 g/mol. The fourth-order valence-corrected chi connectivity index (χ4v) is 4.30. The van der Waals surface area contributed by atoms with Gasteiger partial charge in [0.1, 0.15) is 4.90 Å². The molecular formula is C14H15Cl2NO7S. The van der Waals surface area contributed by atoms with Crippen LogP contribution in [-0.4, -0.2) is 64.7 Å². The fraction of sp³-hybridized carbons (Fsp3) is 0.429. The number of nitrogens with zero attached hydrogens (tertiary/aromatic N) is 1. The maximum atomic E-state index is 12.7. The second-order valence-electron chi connectivity index (χ2n) is 4.93. The molecule has 1 fully saturated rings. The molecule has 0 unspecified atom stereocenters. The van der Waals surface area contributed by atoms with Gasteiger partial charge in [-0.3, -0.25) is 0 Å². The summed E-state index contributed by atoms with van der Waals surface area (Å²) in [7, 11) is -2.80. The first-order valence-electron chi connectivity index (χ1n) is 7.08. The van der Waals surface area contributed by atoms with Gasteiger partial charge in [-0.05, 0) is 12.1 Å². The molecule has 1 aromatic rings. The molecule has 0 aliphatic carbocycles. The van der Waals surface area contributed by atoms with E-state index < -0.39 is 28.6 Å². The number of benzene rings is 1. The van der Waals surface area contributed by atoms with E-state index in [1.54, 1.807) is 0 Å². The number of hydrogen-bond donors (Lipinski definition) is 0. The monoisotopic (exact) mass is 411 g/mol. The summed E-state index contributed by atoms with van der Waals surface area (Å²) in [4.78, 5) is 22.8. The van der Waals surface area contributed by atoms with Crippen LogP contribution in [-0.2, 0) is 29.0 Å². The van der Waals surface area contributed by atoms with Crippen molar-refractivity contribution in [3.63, 3.8) is 0 Å². The minimum atomic E-state index is -3.94. The molecule has 0 bridgehead atoms. The summed E-state index contributed by atoms with van der Waals surface area (Å²) in [5.74, 6) is -1.73. The van der Waals surface area contributed by atoms with Crippen LogP contribution in [0.5, 0.6) is 0 Å². The molecule has 0 atom stereocenters. The maximum absolute atomic E-state index is 12.7. The zero-order chi connectivity index (χ0) is 18.6. The van der Waals surface area contributed by atoms with Gasteiger partial charge < -0.3 is 14.2 Å². The maximum Gasteiger partial charge on any atom is 0.344 e. The molecule has 0 radical (unpaired) electrons. The van der Waals surface area contributed by atoms with Gasteiger partial charge in [0, 0.05) is 13.1 Å². The summed E-state index contributed by atoms with van der Waals surface area (Å²) in [6.45, 7) is 0.240. The summed E-state index contributed by atoms with van der Waals surface area (Å²) in [5, 5.41) is -0.221. The van der Waals surface area contributed by atoms with Crippen LogP contribution in [0.15, 0.2) is 17.0 Å². The van der Waals surface area contributed by atoms with E-state index in [4.69, 9.17) is 32.7 Å². The first kappa shape index (κ1) is 19.9. The Hall–Kier alpha value is -1.39. The highest BCUT2D eigenvalue weighted by Gasteiger charge is 2.30. The molecular weight excluding hydrogens is 397 g/mol. The number of ether oxygens (including phenoxy) is 3. The summed E-state index contributed by atoms with van der Waals surface area (Å²) in [6, 6.07) is 2.18. The zero-order valence-corrected chi connectivity index (χ0v) is 15.5. The van der Waals surface area contributed by atoms with E-state index in [9.17, 15) is 18.0 Å². The number of methoxy groups -OCH3 is 1. The lowest BCUT2D eigenvalue weighted by Gasteiger charge is -2.26. The van der Waals surface area contributed by atoms with Crippen molar-refractivity contribution in [3.8, 4) is 0 Å². The third-order valence-electron chi connectivity index (χ3n) is 3.38. The molecule has 0 saturated carbocycles. The van der Waals surface area contributed by atoms with Crippen molar-refractivity contribution in [1.82, 2.24) is 4.31 Å². The second-order valence-corrected chi connectivity index (χ2v) is 7.65. The van der Waals surface area contributed by atoms with Crippen LogP contribution in [0.4, 0.5) is 0 Å². The minimum Gasteiger partial charge on any atom is -0.466 e. The average Bonchev–Trinajstić information content (AvgIpc) is 2.59. The Kier molecular flexibility index (Phi) is 6.64. The summed E-state index contributed by atoms with van der Waals surface area (Å²) in [5.41, 5.74) is -0.221. The van der Waals surface area contributed by atoms with E-state index in [2.05, 4.69) is 4.74 Å². The molecule has 0 spiro atoms. The molecule has 138 valence electrons. The van der Waals surface area contributed by atoms with Crippen LogP contribution in [0.1, 0.15) is 10.4 Å². The fourth-order valence-electron chi connectivity index (χ4n) is 2.07. The topological polar surface area (TPSA) is 99.2 Å². The highest BCUT2D eigenvalue weighted by atomic mass is 35.5. The Labute approximate surface area is 154 Å². The standard InChI is InChI=1S/C14H15Cl2NO7S/c1-22-13(18)8-24-14(19)9-6-12(11(16)7-10(9)15)25(20,21)17-2-4-23-5-3-17/h6-7H,2-5,8H2,1H3. The zero-order valence-electron chi connectivity index (χ0n) is 13.2. The van der Waals surface area contributed by atoms with Crippen molar-refractivity contribution in [2.45, 2.75) is 4.90 Å². The predicted molar refractivity (Wildman–Crippen MR) is 88.3 cm³/mol. The van der Waals surface area contributed by atoms with Crippen LogP contribution in [0, 0.1) is 0 Å². The Bertz CT molecular complexity index is 776. The minimum absolute atomic E-state index is 0.0965. The van der Waals surface area contributed by atoms with Gasteiger partial charge >= 0.3 is 11.9 Å². The SMILES string of the molecule is COC(=O)COC(=O)c1cc(S(=O)(=O)N2CCOCC2)c(Cl)cc1Cl. The van der Waals surface area contributed by atoms with E-state index in [1.807, 2.05) is 0 Å². The van der Waals surface area contributed by atoms with Gasteiger partial charge in [0.05, 0.1) is 35.9 Å². The highest BCUT2D eigenvalue weighted by Crippen LogP contribution is 2.31. The molecule has 0 amide bonds. The van der Waals surface area contributed by atoms with Crippen molar-refractivity contribution >= 4 is 45.2 Å². The molecule has 25 heavy (non-hydrogen) atoms. The van der Waals surface area contributed by atoms with Crippen molar-refractivity contribution < 1.29 is 32.2 Å². The van der Waals surface area contributed by atoms with Crippen molar-refractivity contribution in [2.75, 3.05) is 40.0 Å². The van der Waals surface area contributed by atoms with Crippen LogP contribution in [0.3, 0.4) is 0 Å². The van der Waals surface area contributed by atoms with Crippen molar-refractivity contribution in [1.29, 1.82) is 0 Å². The van der Waals surface area contributed by atoms with E-state index in [-0.39, 0.29) is 46.8 Å². The molecule has 0 aromatic heterocycles. The number of carbonyl (C=O) groups is 2. The molecule has 1 saturated heterocycles. The first-order chi connectivity index (χ1) is 11.8. The van der Waals surface area contributed by atoms with Gasteiger partial charge in [-0.2, -0.15) is 4.31 Å². The first-order valence-corrected chi connectivity index (χ1v) is 9.28. The summed E-state index contributed by atoms with van der Waals surface area (Å²) in [6.07, 6.45) is 0. The number of halogens is 2. The molecule has 11 heteroatoms. The van der Waals surface area contributed by atoms with Gasteiger partial charge in [0.25, 0.3) is 0 Å². The number of morpholine rings is 1. The van der Waals surface area contributed by atoms with Gasteiger partial charge in [-0.1, -0.05) is 23.2 Å². The van der Waals surface area contributed by atoms with Crippen molar-refractivity contribution in [3.05, 3.63) is 27.7 Å². The van der Waals surface area contributed by atoms with Gasteiger partial charge in [-0.15, -0.1) is 0 Å². The smallest absolute Gasteiger partial charge is 0.344 e. The Morgan fingerprint density at radius 1 is 1.20 bits per heavy atom. The van der Waals surface area contributed by atoms with E-state index in [0.717, 1.165) is 19.2 Å². The molecule has 1 aliphatic heterocycles. The Morgan fingerprint density at radius 3 is 2.44 bits per heavy atom. The molecule has 0 N–H and O–H groups in total. The Morgan fingerprint density at radius 2 is 1.84 bits per heavy atom. The van der Waals surface area contributed by atoms with E-state index in [0.29, 0.717) is 0 Å². The normalized spacial score (nSPS) is 15.6. The third kappa shape index (κ3) is 4.62. The van der Waals surface area contributed by atoms with Crippen LogP contribution in [0.25, 0.3) is 0 Å². The highest BCUT2D eigenvalue weighted by molar-refractivity contribution is 7.89. The lowest BCUT2D eigenvalue weighted by molar-refractivity contribution is -0.144.